The van der Waals surface area contributed by atoms with Gasteiger partial charge < -0.3 is 9.84 Å². The zero-order chi connectivity index (χ0) is 25.3. The van der Waals surface area contributed by atoms with Gasteiger partial charge in [0.2, 0.25) is 5.95 Å². The van der Waals surface area contributed by atoms with Crippen LogP contribution >= 0.6 is 11.6 Å². The molecule has 0 saturated carbocycles. The molecule has 0 aliphatic rings. The average Bonchev–Trinajstić information content (AvgIpc) is 2.81. The van der Waals surface area contributed by atoms with Crippen molar-refractivity contribution in [2.75, 3.05) is 0 Å². The summed E-state index contributed by atoms with van der Waals surface area (Å²) in [6.07, 6.45) is 3.18. The number of hydrogen-bond donors (Lipinski definition) is 1. The van der Waals surface area contributed by atoms with E-state index in [4.69, 9.17) is 16.3 Å². The third-order valence-electron chi connectivity index (χ3n) is 5.23. The first kappa shape index (κ1) is 24.4. The lowest BCUT2D eigenvalue weighted by molar-refractivity contribution is 0.0688. The number of rotatable bonds is 6. The highest BCUT2D eigenvalue weighted by atomic mass is 35.5. The van der Waals surface area contributed by atoms with Gasteiger partial charge in [-0.1, -0.05) is 17.7 Å². The van der Waals surface area contributed by atoms with Crippen LogP contribution in [0, 0.1) is 19.8 Å². The van der Waals surface area contributed by atoms with Crippen LogP contribution in [0.4, 0.5) is 4.39 Å². The summed E-state index contributed by atoms with van der Waals surface area (Å²) in [4.78, 5) is 30.0. The van der Waals surface area contributed by atoms with Gasteiger partial charge in [-0.2, -0.15) is 4.39 Å². The average molecular weight is 496 g/mol. The van der Waals surface area contributed by atoms with Crippen LogP contribution in [0.25, 0.3) is 17.1 Å². The van der Waals surface area contributed by atoms with Crippen LogP contribution in [-0.4, -0.2) is 29.6 Å². The number of ether oxygens (including phenoxy) is 1. The van der Waals surface area contributed by atoms with E-state index in [0.717, 1.165) is 5.56 Å². The Morgan fingerprint density at radius 2 is 1.89 bits per heavy atom. The molecule has 0 spiro atoms. The third-order valence-corrected chi connectivity index (χ3v) is 5.58. The Kier molecular flexibility index (Phi) is 6.64. The fourth-order valence-electron chi connectivity index (χ4n) is 3.46. The minimum atomic E-state index is -1.22. The van der Waals surface area contributed by atoms with E-state index >= 15 is 0 Å². The molecule has 1 N–H and O–H groups in total. The van der Waals surface area contributed by atoms with Crippen LogP contribution in [0.15, 0.2) is 53.6 Å². The Balaban J connectivity index is 1.72. The van der Waals surface area contributed by atoms with Crippen molar-refractivity contribution in [1.29, 1.82) is 0 Å². The van der Waals surface area contributed by atoms with Crippen molar-refractivity contribution in [3.05, 3.63) is 92.9 Å². The SMILES string of the molecule is Cc1cnc(-c2ccnc(C(C)(C)O)n2)cc1-n1c(C)cc(OCc2cccc(F)n2)c(Cl)c1=O. The predicted molar refractivity (Wildman–Crippen MR) is 129 cm³/mol. The van der Waals surface area contributed by atoms with Gasteiger partial charge in [0.15, 0.2) is 5.82 Å². The van der Waals surface area contributed by atoms with E-state index in [0.29, 0.717) is 28.5 Å². The molecule has 180 valence electrons. The maximum Gasteiger partial charge on any atom is 0.277 e. The fraction of sp³-hybridized carbons (Fsp3) is 0.240. The van der Waals surface area contributed by atoms with Crippen LogP contribution in [-0.2, 0) is 12.2 Å². The van der Waals surface area contributed by atoms with Gasteiger partial charge in [0.05, 0.1) is 22.8 Å². The van der Waals surface area contributed by atoms with Crippen LogP contribution in [0.2, 0.25) is 5.02 Å². The number of aliphatic hydroxyl groups is 1. The van der Waals surface area contributed by atoms with Crippen molar-refractivity contribution in [2.45, 2.75) is 39.9 Å². The highest BCUT2D eigenvalue weighted by Crippen LogP contribution is 2.27. The highest BCUT2D eigenvalue weighted by Gasteiger charge is 2.21. The Labute approximate surface area is 206 Å². The molecule has 4 aromatic heterocycles. The fourth-order valence-corrected chi connectivity index (χ4v) is 3.65. The first-order valence-corrected chi connectivity index (χ1v) is 11.1. The molecule has 0 saturated heterocycles. The molecule has 0 amide bonds. The summed E-state index contributed by atoms with van der Waals surface area (Å²) in [6.45, 7) is 6.73. The molecule has 8 nitrogen and oxygen atoms in total. The van der Waals surface area contributed by atoms with E-state index in [2.05, 4.69) is 19.9 Å². The predicted octanol–water partition coefficient (Wildman–Crippen LogP) is 4.30. The lowest BCUT2D eigenvalue weighted by Crippen LogP contribution is -2.23. The van der Waals surface area contributed by atoms with Gasteiger partial charge >= 0.3 is 0 Å². The molecule has 4 aromatic rings. The summed E-state index contributed by atoms with van der Waals surface area (Å²) >= 11 is 6.38. The summed E-state index contributed by atoms with van der Waals surface area (Å²) < 4.78 is 20.5. The van der Waals surface area contributed by atoms with Gasteiger partial charge in [0.1, 0.15) is 23.0 Å². The molecule has 35 heavy (non-hydrogen) atoms. The number of aryl methyl sites for hydroxylation is 2. The molecule has 10 heteroatoms. The summed E-state index contributed by atoms with van der Waals surface area (Å²) in [5.41, 5.74) is 1.55. The molecular formula is C25H23ClFN5O3. The summed E-state index contributed by atoms with van der Waals surface area (Å²) in [6, 6.07) is 9.42. The van der Waals surface area contributed by atoms with Gasteiger partial charge in [0.25, 0.3) is 5.56 Å². The topological polar surface area (TPSA) is 103 Å². The molecular weight excluding hydrogens is 473 g/mol. The van der Waals surface area contributed by atoms with Crippen molar-refractivity contribution in [3.63, 3.8) is 0 Å². The largest absolute Gasteiger partial charge is 0.485 e. The van der Waals surface area contributed by atoms with Gasteiger partial charge in [-0.25, -0.2) is 15.0 Å². The first-order valence-electron chi connectivity index (χ1n) is 10.7. The van der Waals surface area contributed by atoms with Crippen molar-refractivity contribution in [3.8, 4) is 22.8 Å². The van der Waals surface area contributed by atoms with E-state index in [1.165, 1.54) is 16.7 Å². The Hall–Kier alpha value is -3.69. The minimum Gasteiger partial charge on any atom is -0.485 e. The molecule has 0 unspecified atom stereocenters. The van der Waals surface area contributed by atoms with Crippen LogP contribution in [0.3, 0.4) is 0 Å². The van der Waals surface area contributed by atoms with E-state index in [-0.39, 0.29) is 23.2 Å². The second-order valence-corrected chi connectivity index (χ2v) is 8.90. The third kappa shape index (κ3) is 5.21. The minimum absolute atomic E-state index is 0.0456. The molecule has 4 heterocycles. The summed E-state index contributed by atoms with van der Waals surface area (Å²) in [5, 5.41) is 10.1. The van der Waals surface area contributed by atoms with Crippen LogP contribution in [0.5, 0.6) is 5.75 Å². The molecule has 0 aliphatic carbocycles. The van der Waals surface area contributed by atoms with E-state index in [1.807, 2.05) is 6.92 Å². The standard InChI is InChI=1S/C25H23ClFN5O3/c1-14-12-29-18(17-8-9-28-24(31-17)25(3,4)34)11-19(14)32-15(2)10-20(22(26)23(32)33)35-13-16-6-5-7-21(27)30-16/h5-12,34H,13H2,1-4H3. The Morgan fingerprint density at radius 3 is 2.60 bits per heavy atom. The Morgan fingerprint density at radius 1 is 1.11 bits per heavy atom. The van der Waals surface area contributed by atoms with Gasteiger partial charge in [-0.15, -0.1) is 0 Å². The van der Waals surface area contributed by atoms with E-state index in [9.17, 15) is 14.3 Å². The number of halogens is 2. The van der Waals surface area contributed by atoms with Crippen molar-refractivity contribution in [1.82, 2.24) is 24.5 Å². The molecule has 0 bridgehead atoms. The molecule has 0 fully saturated rings. The lowest BCUT2D eigenvalue weighted by Gasteiger charge is -2.17. The van der Waals surface area contributed by atoms with Crippen LogP contribution < -0.4 is 10.3 Å². The van der Waals surface area contributed by atoms with Gasteiger partial charge in [-0.05, 0) is 57.5 Å². The monoisotopic (exact) mass is 495 g/mol. The number of pyridine rings is 3. The number of aromatic nitrogens is 5. The summed E-state index contributed by atoms with van der Waals surface area (Å²) in [5.74, 6) is -0.190. The second-order valence-electron chi connectivity index (χ2n) is 8.53. The normalized spacial score (nSPS) is 11.5. The molecule has 0 aliphatic heterocycles. The maximum absolute atomic E-state index is 13.3. The smallest absolute Gasteiger partial charge is 0.277 e. The summed E-state index contributed by atoms with van der Waals surface area (Å²) in [7, 11) is 0. The number of nitrogens with zero attached hydrogens (tertiary/aromatic N) is 5. The van der Waals surface area contributed by atoms with Crippen molar-refractivity contribution >= 4 is 11.6 Å². The van der Waals surface area contributed by atoms with Crippen molar-refractivity contribution < 1.29 is 14.2 Å². The van der Waals surface area contributed by atoms with E-state index in [1.54, 1.807) is 57.4 Å². The highest BCUT2D eigenvalue weighted by molar-refractivity contribution is 6.31. The second kappa shape index (κ2) is 9.52. The molecule has 0 atom stereocenters. The number of hydrogen-bond acceptors (Lipinski definition) is 7. The quantitative estimate of drug-likeness (QED) is 0.398. The van der Waals surface area contributed by atoms with Crippen LogP contribution in [0.1, 0.15) is 36.6 Å². The molecule has 0 aromatic carbocycles. The van der Waals surface area contributed by atoms with Crippen molar-refractivity contribution in [2.24, 2.45) is 0 Å². The zero-order valence-corrected chi connectivity index (χ0v) is 20.3. The van der Waals surface area contributed by atoms with Gasteiger partial charge in [0, 0.05) is 24.2 Å². The maximum atomic E-state index is 13.3. The zero-order valence-electron chi connectivity index (χ0n) is 19.6. The molecule has 4 rings (SSSR count). The van der Waals surface area contributed by atoms with Gasteiger partial charge in [-0.3, -0.25) is 14.3 Å². The lowest BCUT2D eigenvalue weighted by atomic mass is 10.1. The first-order chi connectivity index (χ1) is 16.5. The van der Waals surface area contributed by atoms with E-state index < -0.39 is 17.1 Å². The Bertz CT molecular complexity index is 1470. The molecule has 0 radical (unpaired) electrons.